The number of nitriles is 1. The zero-order chi connectivity index (χ0) is 23.3. The second kappa shape index (κ2) is 17.6. The van der Waals surface area contributed by atoms with Crippen LogP contribution in [0.1, 0.15) is 44.6 Å². The van der Waals surface area contributed by atoms with Crippen molar-refractivity contribution in [3.8, 4) is 29.8 Å². The maximum atomic E-state index is 11.5. The van der Waals surface area contributed by atoms with Crippen LogP contribution in [0.5, 0.6) is 0 Å². The largest absolute Gasteiger partial charge is 0.438 e. The summed E-state index contributed by atoms with van der Waals surface area (Å²) in [5.41, 5.74) is 4.65. The smallest absolute Gasteiger partial charge is 0.304 e. The zero-order valence-electron chi connectivity index (χ0n) is 19.0. The lowest BCUT2D eigenvalue weighted by atomic mass is 9.92. The third-order valence-electron chi connectivity index (χ3n) is 4.47. The van der Waals surface area contributed by atoms with Crippen molar-refractivity contribution in [2.75, 3.05) is 32.7 Å². The maximum Gasteiger partial charge on any atom is 0.304 e. The first-order valence-corrected chi connectivity index (χ1v) is 11.0. The molecule has 1 aromatic rings. The molecule has 32 heavy (non-hydrogen) atoms. The number of benzene rings is 1. The van der Waals surface area contributed by atoms with Gasteiger partial charge in [-0.15, -0.1) is 0 Å². The number of esters is 1. The normalized spacial score (nSPS) is 12.0. The monoisotopic (exact) mass is 434 g/mol. The average molecular weight is 435 g/mol. The number of hydrogen-bond acceptors (Lipinski definition) is 6. The van der Waals surface area contributed by atoms with E-state index in [1.807, 2.05) is 6.07 Å². The molecule has 170 valence electrons. The molecule has 0 amide bonds. The van der Waals surface area contributed by atoms with Crippen molar-refractivity contribution in [2.45, 2.75) is 44.6 Å². The van der Waals surface area contributed by atoms with Crippen LogP contribution in [0.15, 0.2) is 42.5 Å². The lowest BCUT2D eigenvalue weighted by molar-refractivity contribution is -0.152. The van der Waals surface area contributed by atoms with E-state index in [0.717, 1.165) is 58.4 Å². The lowest BCUT2D eigenvalue weighted by Crippen LogP contribution is -2.29. The summed E-state index contributed by atoms with van der Waals surface area (Å²) >= 11 is 0. The van der Waals surface area contributed by atoms with E-state index in [1.165, 1.54) is 6.92 Å². The Hall–Kier alpha value is -3.08. The lowest BCUT2D eigenvalue weighted by Gasteiger charge is -2.24. The van der Waals surface area contributed by atoms with Gasteiger partial charge in [0.2, 0.25) is 5.60 Å². The molecule has 0 aliphatic carbocycles. The van der Waals surface area contributed by atoms with Gasteiger partial charge in [-0.1, -0.05) is 54.0 Å². The summed E-state index contributed by atoms with van der Waals surface area (Å²) in [4.78, 5) is 11.5. The average Bonchev–Trinajstić information content (AvgIpc) is 2.80. The van der Waals surface area contributed by atoms with Crippen molar-refractivity contribution in [3.63, 3.8) is 0 Å². The first-order valence-electron chi connectivity index (χ1n) is 11.0. The standard InChI is InChI=1S/C26H34N4O2/c1-24(31)32-26(23-28,25-15-8-7-9-16-25)17-10-5-3-2-4-6-12-19-29-21-14-22-30-20-13-11-18-27/h2-3,7-9,15-16,29-30H,11-14,17-22,27H2,1H3/b3-2+. The van der Waals surface area contributed by atoms with Crippen LogP contribution in [0.25, 0.3) is 0 Å². The molecule has 1 aromatic carbocycles. The Morgan fingerprint density at radius 1 is 1.03 bits per heavy atom. The predicted octanol–water partition coefficient (Wildman–Crippen LogP) is 2.62. The van der Waals surface area contributed by atoms with Gasteiger partial charge in [-0.05, 0) is 57.6 Å². The third kappa shape index (κ3) is 11.9. The first-order chi connectivity index (χ1) is 15.6. The fourth-order valence-electron chi connectivity index (χ4n) is 2.86. The minimum absolute atomic E-state index is 0.0800. The van der Waals surface area contributed by atoms with Gasteiger partial charge in [0.1, 0.15) is 6.07 Å². The number of nitrogens with zero attached hydrogens (tertiary/aromatic N) is 1. The van der Waals surface area contributed by atoms with Crippen LogP contribution < -0.4 is 16.4 Å². The summed E-state index contributed by atoms with van der Waals surface area (Å²) in [7, 11) is 0. The minimum atomic E-state index is -1.41. The Morgan fingerprint density at radius 2 is 1.69 bits per heavy atom. The molecule has 1 rings (SSSR count). The van der Waals surface area contributed by atoms with Crippen LogP contribution in [0, 0.1) is 35.0 Å². The van der Waals surface area contributed by atoms with Crippen LogP contribution in [-0.4, -0.2) is 38.7 Å². The molecule has 0 saturated heterocycles. The second-order valence-corrected chi connectivity index (χ2v) is 7.15. The molecule has 1 atom stereocenters. The van der Waals surface area contributed by atoms with Gasteiger partial charge in [-0.2, -0.15) is 5.26 Å². The van der Waals surface area contributed by atoms with Crippen LogP contribution in [-0.2, 0) is 15.1 Å². The number of hydrogen-bond donors (Lipinski definition) is 3. The number of ether oxygens (including phenoxy) is 1. The summed E-state index contributed by atoms with van der Waals surface area (Å²) in [5.74, 6) is 11.2. The molecule has 0 fully saturated rings. The van der Waals surface area contributed by atoms with Crippen molar-refractivity contribution in [1.29, 1.82) is 5.26 Å². The molecule has 0 saturated carbocycles. The van der Waals surface area contributed by atoms with Crippen LogP contribution in [0.4, 0.5) is 0 Å². The van der Waals surface area contributed by atoms with Crippen LogP contribution >= 0.6 is 0 Å². The molecule has 0 aliphatic rings. The minimum Gasteiger partial charge on any atom is -0.438 e. The quantitative estimate of drug-likeness (QED) is 0.251. The fourth-order valence-corrected chi connectivity index (χ4v) is 2.86. The molecular weight excluding hydrogens is 400 g/mol. The Balaban J connectivity index is 2.32. The molecule has 4 N–H and O–H groups in total. The summed E-state index contributed by atoms with van der Waals surface area (Å²) in [5, 5.41) is 16.4. The molecule has 6 nitrogen and oxygen atoms in total. The van der Waals surface area contributed by atoms with E-state index in [-0.39, 0.29) is 6.42 Å². The number of allylic oxidation sites excluding steroid dienone is 2. The van der Waals surface area contributed by atoms with Crippen molar-refractivity contribution >= 4 is 5.97 Å². The van der Waals surface area contributed by atoms with Crippen LogP contribution in [0.2, 0.25) is 0 Å². The molecule has 0 radical (unpaired) electrons. The molecule has 6 heteroatoms. The van der Waals surface area contributed by atoms with E-state index in [1.54, 1.807) is 36.4 Å². The van der Waals surface area contributed by atoms with Gasteiger partial charge in [0.25, 0.3) is 0 Å². The van der Waals surface area contributed by atoms with Crippen molar-refractivity contribution in [2.24, 2.45) is 5.73 Å². The van der Waals surface area contributed by atoms with E-state index in [4.69, 9.17) is 10.5 Å². The van der Waals surface area contributed by atoms with Gasteiger partial charge in [0.05, 0.1) is 6.42 Å². The number of unbranched alkanes of at least 4 members (excludes halogenated alkanes) is 1. The van der Waals surface area contributed by atoms with E-state index in [9.17, 15) is 10.1 Å². The van der Waals surface area contributed by atoms with Gasteiger partial charge >= 0.3 is 5.97 Å². The number of carbonyl (C=O) groups is 1. The van der Waals surface area contributed by atoms with Gasteiger partial charge in [0.15, 0.2) is 0 Å². The summed E-state index contributed by atoms with van der Waals surface area (Å²) in [6.07, 6.45) is 7.46. The van der Waals surface area contributed by atoms with Crippen molar-refractivity contribution < 1.29 is 9.53 Å². The van der Waals surface area contributed by atoms with E-state index in [2.05, 4.69) is 40.4 Å². The Bertz CT molecular complexity index is 853. The fraction of sp³-hybridized carbons (Fsp3) is 0.462. The second-order valence-electron chi connectivity index (χ2n) is 7.15. The first kappa shape index (κ1) is 27.0. The topological polar surface area (TPSA) is 100 Å². The zero-order valence-corrected chi connectivity index (χ0v) is 19.0. The van der Waals surface area contributed by atoms with E-state index >= 15 is 0 Å². The van der Waals surface area contributed by atoms with Gasteiger partial charge in [0, 0.05) is 25.5 Å². The van der Waals surface area contributed by atoms with E-state index in [0.29, 0.717) is 5.56 Å². The van der Waals surface area contributed by atoms with Gasteiger partial charge in [-0.3, -0.25) is 4.79 Å². The molecule has 0 aliphatic heterocycles. The Labute approximate surface area is 192 Å². The predicted molar refractivity (Wildman–Crippen MR) is 128 cm³/mol. The Morgan fingerprint density at radius 3 is 2.34 bits per heavy atom. The number of nitrogens with one attached hydrogen (secondary N) is 2. The van der Waals surface area contributed by atoms with Crippen molar-refractivity contribution in [1.82, 2.24) is 10.6 Å². The molecule has 0 heterocycles. The molecule has 0 bridgehead atoms. The van der Waals surface area contributed by atoms with Crippen molar-refractivity contribution in [3.05, 3.63) is 48.0 Å². The highest BCUT2D eigenvalue weighted by Crippen LogP contribution is 2.28. The summed E-state index contributed by atoms with van der Waals surface area (Å²) in [6, 6.07) is 11.0. The molecule has 0 spiro atoms. The highest BCUT2D eigenvalue weighted by atomic mass is 16.6. The molecule has 0 aromatic heterocycles. The highest BCUT2D eigenvalue weighted by molar-refractivity contribution is 5.67. The van der Waals surface area contributed by atoms with E-state index < -0.39 is 11.6 Å². The number of nitrogens with two attached hydrogens (primary N) is 1. The highest BCUT2D eigenvalue weighted by Gasteiger charge is 2.35. The molecule has 1 unspecified atom stereocenters. The third-order valence-corrected chi connectivity index (χ3v) is 4.47. The summed E-state index contributed by atoms with van der Waals surface area (Å²) < 4.78 is 5.33. The maximum absolute atomic E-state index is 11.5. The molecular formula is C26H34N4O2. The SMILES string of the molecule is CC(=O)OC(C#N)(CC#C/C=C/C#CCCNCCCNCCCCN)c1ccccc1. The van der Waals surface area contributed by atoms with Gasteiger partial charge in [-0.25, -0.2) is 0 Å². The number of carbonyl (C=O) groups excluding carboxylic acids is 1. The summed E-state index contributed by atoms with van der Waals surface area (Å²) in [6.45, 7) is 5.92. The number of rotatable bonds is 13. The Kier molecular flexibility index (Phi) is 14.8. The van der Waals surface area contributed by atoms with Gasteiger partial charge < -0.3 is 21.1 Å². The van der Waals surface area contributed by atoms with Crippen LogP contribution in [0.3, 0.4) is 0 Å².